The minimum Gasteiger partial charge on any atom is -0.435 e. The van der Waals surface area contributed by atoms with Gasteiger partial charge in [0.25, 0.3) is 12.4 Å². The Kier molecular flexibility index (Phi) is 2.97. The van der Waals surface area contributed by atoms with E-state index in [0.717, 1.165) is 17.7 Å². The van der Waals surface area contributed by atoms with Gasteiger partial charge >= 0.3 is 0 Å². The smallest absolute Gasteiger partial charge is 0.292 e. The number of para-hydroxylation sites is 1. The van der Waals surface area contributed by atoms with Crippen molar-refractivity contribution in [3.8, 4) is 5.75 Å². The lowest BCUT2D eigenvalue weighted by Crippen LogP contribution is -2.23. The van der Waals surface area contributed by atoms with Crippen molar-refractivity contribution in [2.24, 2.45) is 0 Å². The fourth-order valence-corrected chi connectivity index (χ4v) is 2.22. The molecule has 0 spiro atoms. The number of rotatable bonds is 1. The van der Waals surface area contributed by atoms with Crippen LogP contribution in [0.15, 0.2) is 30.3 Å². The van der Waals surface area contributed by atoms with Crippen molar-refractivity contribution in [3.05, 3.63) is 58.9 Å². The van der Waals surface area contributed by atoms with Crippen LogP contribution < -0.4 is 4.74 Å². The van der Waals surface area contributed by atoms with Gasteiger partial charge in [0.2, 0.25) is 5.82 Å². The summed E-state index contributed by atoms with van der Waals surface area (Å²) in [7, 11) is 0. The minimum atomic E-state index is -1.22. The molecule has 102 valence electrons. The predicted octanol–water partition coefficient (Wildman–Crippen LogP) is 3.53. The highest BCUT2D eigenvalue weighted by Gasteiger charge is 2.28. The van der Waals surface area contributed by atoms with E-state index in [2.05, 4.69) is 0 Å². The Bertz CT molecular complexity index is 725. The number of aryl methyl sites for hydroxylation is 1. The molecule has 1 heterocycles. The van der Waals surface area contributed by atoms with Gasteiger partial charge in [-0.25, -0.2) is 4.39 Å². The first-order valence-corrected chi connectivity index (χ1v) is 6.05. The Morgan fingerprint density at radius 2 is 1.80 bits per heavy atom. The lowest BCUT2D eigenvalue weighted by molar-refractivity contribution is -0.480. The molecule has 0 unspecified atom stereocenters. The van der Waals surface area contributed by atoms with Crippen LogP contribution in [0.2, 0.25) is 0 Å². The van der Waals surface area contributed by atoms with Gasteiger partial charge in [-0.2, -0.15) is 13.4 Å². The third-order valence-electron chi connectivity index (χ3n) is 3.19. The first-order valence-electron chi connectivity index (χ1n) is 6.05. The molecule has 0 aliphatic carbocycles. The molecule has 0 aromatic heterocycles. The minimum absolute atomic E-state index is 0.0743. The summed E-state index contributed by atoms with van der Waals surface area (Å²) in [6, 6.07) is 7.12. The van der Waals surface area contributed by atoms with Gasteiger partial charge in [-0.3, -0.25) is 0 Å². The Labute approximate surface area is 113 Å². The third-order valence-corrected chi connectivity index (χ3v) is 3.19. The second kappa shape index (κ2) is 4.67. The molecule has 3 rings (SSSR count). The molecule has 0 atom stereocenters. The molecule has 0 bridgehead atoms. The van der Waals surface area contributed by atoms with Crippen molar-refractivity contribution in [2.45, 2.75) is 6.92 Å². The van der Waals surface area contributed by atoms with E-state index in [1.54, 1.807) is 12.3 Å². The fraction of sp³-hybridized carbons (Fsp3) is 0.133. The number of ether oxygens (including phenoxy) is 1. The molecule has 0 fully saturated rings. The lowest BCUT2D eigenvalue weighted by Gasteiger charge is -2.15. The van der Waals surface area contributed by atoms with E-state index >= 15 is 0 Å². The zero-order chi connectivity index (χ0) is 14.3. The van der Waals surface area contributed by atoms with Crippen LogP contribution in [0.5, 0.6) is 5.75 Å². The number of nitrogens with zero attached hydrogens (tertiary/aromatic N) is 1. The highest BCUT2D eigenvalue weighted by atomic mass is 19.2. The molecule has 0 saturated heterocycles. The number of benzene rings is 2. The molecule has 0 radical (unpaired) electrons. The van der Waals surface area contributed by atoms with Gasteiger partial charge in [0.15, 0.2) is 17.8 Å². The van der Waals surface area contributed by atoms with Gasteiger partial charge < -0.3 is 4.74 Å². The molecular formula is C15H11F3NO+. The van der Waals surface area contributed by atoms with E-state index in [1.807, 2.05) is 19.1 Å². The summed E-state index contributed by atoms with van der Waals surface area (Å²) in [5.74, 6) is -2.48. The monoisotopic (exact) mass is 278 g/mol. The van der Waals surface area contributed by atoms with Gasteiger partial charge in [0, 0.05) is 0 Å². The maximum atomic E-state index is 13.8. The van der Waals surface area contributed by atoms with E-state index in [9.17, 15) is 13.2 Å². The van der Waals surface area contributed by atoms with E-state index in [0.29, 0.717) is 11.3 Å². The third kappa shape index (κ3) is 1.95. The second-order valence-corrected chi connectivity index (χ2v) is 4.56. The molecule has 20 heavy (non-hydrogen) atoms. The van der Waals surface area contributed by atoms with Crippen molar-refractivity contribution in [1.29, 1.82) is 0 Å². The SMILES string of the molecule is Cc1cccc2c1OC[N+](c1c(F)ccc(F)c1F)=C2. The lowest BCUT2D eigenvalue weighted by atomic mass is 10.1. The largest absolute Gasteiger partial charge is 0.435 e. The average molecular weight is 278 g/mol. The Morgan fingerprint density at radius 3 is 2.60 bits per heavy atom. The van der Waals surface area contributed by atoms with Crippen molar-refractivity contribution < 1.29 is 22.5 Å². The number of halogens is 3. The molecule has 1 aliphatic rings. The maximum Gasteiger partial charge on any atom is 0.292 e. The standard InChI is InChI=1S/C15H11F3NO/c1-9-3-2-4-10-7-19(8-20-15(9)10)14-12(17)6-5-11(16)13(14)18/h2-7H,8H2,1H3/q+1. The summed E-state index contributed by atoms with van der Waals surface area (Å²) in [4.78, 5) is 0. The summed E-state index contributed by atoms with van der Waals surface area (Å²) < 4.78 is 47.5. The molecule has 2 nitrogen and oxygen atoms in total. The van der Waals surface area contributed by atoms with E-state index in [1.165, 1.54) is 4.58 Å². The fourth-order valence-electron chi connectivity index (χ4n) is 2.22. The van der Waals surface area contributed by atoms with Crippen molar-refractivity contribution >= 4 is 11.9 Å². The van der Waals surface area contributed by atoms with Gasteiger partial charge in [-0.05, 0) is 30.7 Å². The first-order chi connectivity index (χ1) is 9.58. The summed E-state index contributed by atoms with van der Waals surface area (Å²) in [6.07, 6.45) is 1.55. The van der Waals surface area contributed by atoms with Crippen LogP contribution >= 0.6 is 0 Å². The van der Waals surface area contributed by atoms with E-state index in [-0.39, 0.29) is 6.73 Å². The number of hydrogen-bond donors (Lipinski definition) is 0. The molecule has 5 heteroatoms. The zero-order valence-electron chi connectivity index (χ0n) is 10.7. The molecule has 0 amide bonds. The van der Waals surface area contributed by atoms with Crippen LogP contribution in [-0.2, 0) is 0 Å². The van der Waals surface area contributed by atoms with Crippen LogP contribution in [0, 0.1) is 24.4 Å². The van der Waals surface area contributed by atoms with Gasteiger partial charge in [0.1, 0.15) is 5.75 Å². The first kappa shape index (κ1) is 12.7. The summed E-state index contributed by atoms with van der Waals surface area (Å²) in [6.45, 7) is 1.81. The van der Waals surface area contributed by atoms with Crippen molar-refractivity contribution in [3.63, 3.8) is 0 Å². The van der Waals surface area contributed by atoms with Crippen LogP contribution in [-0.4, -0.2) is 17.5 Å². The number of fused-ring (bicyclic) bond motifs is 1. The van der Waals surface area contributed by atoms with Crippen LogP contribution in [0.25, 0.3) is 0 Å². The Hall–Kier alpha value is -2.30. The summed E-state index contributed by atoms with van der Waals surface area (Å²) >= 11 is 0. The van der Waals surface area contributed by atoms with Crippen LogP contribution in [0.4, 0.5) is 18.9 Å². The van der Waals surface area contributed by atoms with Crippen molar-refractivity contribution in [2.75, 3.05) is 6.73 Å². The maximum absolute atomic E-state index is 13.8. The molecule has 0 N–H and O–H groups in total. The topological polar surface area (TPSA) is 12.2 Å². The van der Waals surface area contributed by atoms with Gasteiger partial charge in [-0.1, -0.05) is 12.1 Å². The quantitative estimate of drug-likeness (QED) is 0.574. The molecular weight excluding hydrogens is 267 g/mol. The number of hydrogen-bond acceptors (Lipinski definition) is 1. The molecule has 2 aromatic carbocycles. The van der Waals surface area contributed by atoms with Crippen LogP contribution in [0.3, 0.4) is 0 Å². The van der Waals surface area contributed by atoms with Crippen LogP contribution in [0.1, 0.15) is 11.1 Å². The zero-order valence-corrected chi connectivity index (χ0v) is 10.7. The van der Waals surface area contributed by atoms with E-state index < -0.39 is 23.1 Å². The highest BCUT2D eigenvalue weighted by molar-refractivity contribution is 5.82. The molecule has 2 aromatic rings. The van der Waals surface area contributed by atoms with E-state index in [4.69, 9.17) is 4.74 Å². The molecule has 1 aliphatic heterocycles. The normalized spacial score (nSPS) is 13.5. The molecule has 0 saturated carbocycles. The Morgan fingerprint density at radius 1 is 1.05 bits per heavy atom. The second-order valence-electron chi connectivity index (χ2n) is 4.56. The van der Waals surface area contributed by atoms with Gasteiger partial charge in [0.05, 0.1) is 5.56 Å². The summed E-state index contributed by atoms with van der Waals surface area (Å²) in [5.41, 5.74) is 1.18. The summed E-state index contributed by atoms with van der Waals surface area (Å²) in [5, 5.41) is 0. The predicted molar refractivity (Wildman–Crippen MR) is 68.1 cm³/mol. The van der Waals surface area contributed by atoms with Gasteiger partial charge in [-0.15, -0.1) is 0 Å². The average Bonchev–Trinajstić information content (AvgIpc) is 2.44. The highest BCUT2D eigenvalue weighted by Crippen LogP contribution is 2.29. The Balaban J connectivity index is 2.16. The van der Waals surface area contributed by atoms with Crippen molar-refractivity contribution in [1.82, 2.24) is 0 Å².